The van der Waals surface area contributed by atoms with Crippen LogP contribution >= 0.6 is 11.3 Å². The fraction of sp³-hybridized carbons (Fsp3) is 0.125. The van der Waals surface area contributed by atoms with Gasteiger partial charge in [0.05, 0.1) is 15.2 Å². The predicted molar refractivity (Wildman–Crippen MR) is 83.7 cm³/mol. The summed E-state index contributed by atoms with van der Waals surface area (Å²) >= 11 is 1.49. The maximum absolute atomic E-state index is 12.8. The van der Waals surface area contributed by atoms with Gasteiger partial charge in [0.1, 0.15) is 11.6 Å². The van der Waals surface area contributed by atoms with E-state index in [4.69, 9.17) is 0 Å². The van der Waals surface area contributed by atoms with Crippen LogP contribution in [-0.2, 0) is 6.42 Å². The lowest BCUT2D eigenvalue weighted by atomic mass is 10.2. The monoisotopic (exact) mass is 316 g/mol. The van der Waals surface area contributed by atoms with Crippen molar-refractivity contribution in [2.24, 2.45) is 0 Å². The molecule has 2 N–H and O–H groups in total. The molecule has 0 fully saturated rings. The number of fused-ring (bicyclic) bond motifs is 1. The second kappa shape index (κ2) is 6.11. The zero-order chi connectivity index (χ0) is 15.5. The Hall–Kier alpha value is -2.47. The van der Waals surface area contributed by atoms with Crippen molar-refractivity contribution in [3.8, 4) is 5.75 Å². The van der Waals surface area contributed by atoms with E-state index in [-0.39, 0.29) is 17.5 Å². The second-order valence-electron chi connectivity index (χ2n) is 4.77. The van der Waals surface area contributed by atoms with Gasteiger partial charge in [0, 0.05) is 18.5 Å². The lowest BCUT2D eigenvalue weighted by Crippen LogP contribution is -2.25. The van der Waals surface area contributed by atoms with Crippen LogP contribution in [0.4, 0.5) is 4.39 Å². The summed E-state index contributed by atoms with van der Waals surface area (Å²) in [7, 11) is 0. The zero-order valence-corrected chi connectivity index (χ0v) is 12.4. The number of halogens is 1. The highest BCUT2D eigenvalue weighted by atomic mass is 32.1. The number of amides is 1. The van der Waals surface area contributed by atoms with Crippen LogP contribution in [0, 0.1) is 5.82 Å². The summed E-state index contributed by atoms with van der Waals surface area (Å²) in [6, 6.07) is 10.5. The highest BCUT2D eigenvalue weighted by Crippen LogP contribution is 2.25. The molecule has 1 amide bonds. The van der Waals surface area contributed by atoms with Crippen LogP contribution in [0.15, 0.2) is 42.5 Å². The first kappa shape index (κ1) is 14.5. The average Bonchev–Trinajstić information content (AvgIpc) is 2.89. The summed E-state index contributed by atoms with van der Waals surface area (Å²) < 4.78 is 13.7. The molecule has 0 radical (unpaired) electrons. The van der Waals surface area contributed by atoms with Crippen molar-refractivity contribution in [1.29, 1.82) is 0 Å². The van der Waals surface area contributed by atoms with Crippen molar-refractivity contribution in [2.75, 3.05) is 6.54 Å². The molecule has 3 aromatic rings. The third-order valence-electron chi connectivity index (χ3n) is 3.15. The van der Waals surface area contributed by atoms with Crippen LogP contribution < -0.4 is 5.32 Å². The van der Waals surface area contributed by atoms with Crippen molar-refractivity contribution in [3.05, 3.63) is 58.9 Å². The third kappa shape index (κ3) is 3.23. The van der Waals surface area contributed by atoms with Crippen LogP contribution in [0.5, 0.6) is 5.75 Å². The van der Waals surface area contributed by atoms with Gasteiger partial charge >= 0.3 is 0 Å². The van der Waals surface area contributed by atoms with Gasteiger partial charge in [-0.05, 0) is 42.5 Å². The highest BCUT2D eigenvalue weighted by Gasteiger charge is 2.07. The molecule has 112 valence electrons. The number of hydrogen-bond donors (Lipinski definition) is 2. The number of phenols is 1. The van der Waals surface area contributed by atoms with Crippen LogP contribution in [0.25, 0.3) is 10.2 Å². The molecule has 0 aliphatic heterocycles. The number of carbonyl (C=O) groups is 1. The Kier molecular flexibility index (Phi) is 4.02. The minimum Gasteiger partial charge on any atom is -0.508 e. The fourth-order valence-corrected chi connectivity index (χ4v) is 3.05. The molecule has 0 aliphatic rings. The van der Waals surface area contributed by atoms with Gasteiger partial charge in [-0.3, -0.25) is 4.79 Å². The topological polar surface area (TPSA) is 62.2 Å². The number of rotatable bonds is 4. The van der Waals surface area contributed by atoms with E-state index in [0.29, 0.717) is 18.5 Å². The molecule has 0 bridgehead atoms. The minimum atomic E-state index is -0.366. The van der Waals surface area contributed by atoms with E-state index in [2.05, 4.69) is 10.3 Å². The third-order valence-corrected chi connectivity index (χ3v) is 4.23. The van der Waals surface area contributed by atoms with Crippen molar-refractivity contribution >= 4 is 27.5 Å². The Morgan fingerprint density at radius 3 is 2.77 bits per heavy atom. The van der Waals surface area contributed by atoms with Gasteiger partial charge in [0.15, 0.2) is 0 Å². The number of nitrogens with one attached hydrogen (secondary N) is 1. The quantitative estimate of drug-likeness (QED) is 0.777. The van der Waals surface area contributed by atoms with E-state index in [0.717, 1.165) is 15.2 Å². The number of phenolic OH excluding ortho intramolecular Hbond substituents is 1. The van der Waals surface area contributed by atoms with Crippen LogP contribution in [0.2, 0.25) is 0 Å². The Morgan fingerprint density at radius 1 is 1.23 bits per heavy atom. The van der Waals surface area contributed by atoms with Gasteiger partial charge in [0.2, 0.25) is 0 Å². The van der Waals surface area contributed by atoms with Gasteiger partial charge in [-0.15, -0.1) is 11.3 Å². The fourth-order valence-electron chi connectivity index (χ4n) is 2.05. The molecule has 4 nitrogen and oxygen atoms in total. The lowest BCUT2D eigenvalue weighted by molar-refractivity contribution is 0.0954. The van der Waals surface area contributed by atoms with Crippen LogP contribution in [0.1, 0.15) is 15.4 Å². The molecule has 0 aliphatic carbocycles. The Morgan fingerprint density at radius 2 is 2.00 bits per heavy atom. The maximum Gasteiger partial charge on any atom is 0.251 e. The average molecular weight is 316 g/mol. The van der Waals surface area contributed by atoms with E-state index in [1.807, 2.05) is 0 Å². The molecular formula is C16H13FN2O2S. The van der Waals surface area contributed by atoms with E-state index in [1.165, 1.54) is 35.6 Å². The number of hydrogen-bond acceptors (Lipinski definition) is 4. The Balaban J connectivity index is 1.59. The SMILES string of the molecule is O=C(NCCc1nc2ccc(O)cc2s1)c1ccc(F)cc1. The maximum atomic E-state index is 12.8. The second-order valence-corrected chi connectivity index (χ2v) is 5.89. The number of carbonyl (C=O) groups excluding carboxylic acids is 1. The smallest absolute Gasteiger partial charge is 0.251 e. The van der Waals surface area contributed by atoms with Crippen molar-refractivity contribution < 1.29 is 14.3 Å². The molecule has 6 heteroatoms. The molecule has 0 atom stereocenters. The summed E-state index contributed by atoms with van der Waals surface area (Å²) in [5.74, 6) is -0.389. The first-order valence-electron chi connectivity index (χ1n) is 6.74. The first-order valence-corrected chi connectivity index (χ1v) is 7.56. The van der Waals surface area contributed by atoms with E-state index >= 15 is 0 Å². The van der Waals surface area contributed by atoms with Crippen molar-refractivity contribution in [2.45, 2.75) is 6.42 Å². The zero-order valence-electron chi connectivity index (χ0n) is 11.5. The molecule has 0 spiro atoms. The molecular weight excluding hydrogens is 303 g/mol. The van der Waals surface area contributed by atoms with Gasteiger partial charge < -0.3 is 10.4 Å². The molecule has 1 aromatic heterocycles. The largest absolute Gasteiger partial charge is 0.508 e. The van der Waals surface area contributed by atoms with E-state index in [9.17, 15) is 14.3 Å². The molecule has 3 rings (SSSR count). The number of aromatic hydroxyl groups is 1. The van der Waals surface area contributed by atoms with Crippen LogP contribution in [0.3, 0.4) is 0 Å². The number of nitrogens with zero attached hydrogens (tertiary/aromatic N) is 1. The number of benzene rings is 2. The molecule has 0 unspecified atom stereocenters. The van der Waals surface area contributed by atoms with E-state index in [1.54, 1.807) is 18.2 Å². The summed E-state index contributed by atoms with van der Waals surface area (Å²) in [5, 5.41) is 13.1. The molecule has 0 saturated carbocycles. The molecule has 1 heterocycles. The lowest BCUT2D eigenvalue weighted by Gasteiger charge is -2.03. The van der Waals surface area contributed by atoms with Crippen LogP contribution in [-0.4, -0.2) is 22.5 Å². The summed E-state index contributed by atoms with van der Waals surface area (Å²) in [5.41, 5.74) is 1.26. The van der Waals surface area contributed by atoms with Crippen molar-refractivity contribution in [3.63, 3.8) is 0 Å². The minimum absolute atomic E-state index is 0.215. The summed E-state index contributed by atoms with van der Waals surface area (Å²) in [4.78, 5) is 16.3. The van der Waals surface area contributed by atoms with Gasteiger partial charge in [-0.25, -0.2) is 9.37 Å². The normalized spacial score (nSPS) is 10.8. The Labute approximate surface area is 130 Å². The standard InChI is InChI=1S/C16H13FN2O2S/c17-11-3-1-10(2-4-11)16(21)18-8-7-15-19-13-6-5-12(20)9-14(13)22-15/h1-6,9,20H,7-8H2,(H,18,21). The summed E-state index contributed by atoms with van der Waals surface area (Å²) in [6.45, 7) is 0.446. The van der Waals surface area contributed by atoms with Gasteiger partial charge in [-0.2, -0.15) is 0 Å². The summed E-state index contributed by atoms with van der Waals surface area (Å²) in [6.07, 6.45) is 0.604. The van der Waals surface area contributed by atoms with Gasteiger partial charge in [0.25, 0.3) is 5.91 Å². The molecule has 22 heavy (non-hydrogen) atoms. The Bertz CT molecular complexity index is 815. The van der Waals surface area contributed by atoms with Gasteiger partial charge in [-0.1, -0.05) is 0 Å². The molecule has 2 aromatic carbocycles. The predicted octanol–water partition coefficient (Wildman–Crippen LogP) is 3.11. The highest BCUT2D eigenvalue weighted by molar-refractivity contribution is 7.18. The molecule has 0 saturated heterocycles. The number of thiazole rings is 1. The number of aromatic nitrogens is 1. The van der Waals surface area contributed by atoms with Crippen molar-refractivity contribution in [1.82, 2.24) is 10.3 Å². The van der Waals surface area contributed by atoms with E-state index < -0.39 is 0 Å². The first-order chi connectivity index (χ1) is 10.6.